The van der Waals surface area contributed by atoms with Crippen molar-refractivity contribution in [2.75, 3.05) is 6.61 Å². The molecule has 3 rings (SSSR count). The summed E-state index contributed by atoms with van der Waals surface area (Å²) in [6, 6.07) is 8.58. The lowest BCUT2D eigenvalue weighted by molar-refractivity contribution is -0.386. The first-order chi connectivity index (χ1) is 16.2. The van der Waals surface area contributed by atoms with Gasteiger partial charge in [-0.1, -0.05) is 24.3 Å². The molecule has 34 heavy (non-hydrogen) atoms. The van der Waals surface area contributed by atoms with Crippen LogP contribution >= 0.6 is 0 Å². The highest BCUT2D eigenvalue weighted by Gasteiger charge is 2.42. The third kappa shape index (κ3) is 6.61. The van der Waals surface area contributed by atoms with Gasteiger partial charge < -0.3 is 19.3 Å². The summed E-state index contributed by atoms with van der Waals surface area (Å²) < 4.78 is 18.5. The maximum absolute atomic E-state index is 11.5. The average molecular weight is 471 g/mol. The lowest BCUT2D eigenvalue weighted by Crippen LogP contribution is -2.50. The van der Waals surface area contributed by atoms with E-state index in [-0.39, 0.29) is 29.9 Å². The summed E-state index contributed by atoms with van der Waals surface area (Å²) in [7, 11) is 0. The first-order valence-corrected chi connectivity index (χ1v) is 11.1. The van der Waals surface area contributed by atoms with Crippen LogP contribution < -0.4 is 4.74 Å². The summed E-state index contributed by atoms with van der Waals surface area (Å²) in [6.07, 6.45) is 7.27. The fraction of sp³-hybridized carbons (Fsp3) is 0.440. The van der Waals surface area contributed by atoms with Crippen LogP contribution in [-0.2, 0) is 14.3 Å². The van der Waals surface area contributed by atoms with Crippen molar-refractivity contribution in [1.82, 2.24) is 4.98 Å². The van der Waals surface area contributed by atoms with Gasteiger partial charge in [0, 0.05) is 30.8 Å². The van der Waals surface area contributed by atoms with E-state index in [9.17, 15) is 14.9 Å². The second-order valence-electron chi connectivity index (χ2n) is 8.84. The van der Waals surface area contributed by atoms with Crippen molar-refractivity contribution in [3.63, 3.8) is 0 Å². The summed E-state index contributed by atoms with van der Waals surface area (Å²) in [4.78, 5) is 26.0. The molecule has 2 heterocycles. The molecule has 0 unspecified atom stereocenters. The van der Waals surface area contributed by atoms with E-state index in [0.717, 1.165) is 11.1 Å². The number of allylic oxidation sites excluding steroid dienone is 2. The predicted molar refractivity (Wildman–Crippen MR) is 124 cm³/mol. The van der Waals surface area contributed by atoms with E-state index in [4.69, 9.17) is 19.3 Å². The van der Waals surface area contributed by atoms with Crippen molar-refractivity contribution in [2.24, 2.45) is 5.92 Å². The lowest BCUT2D eigenvalue weighted by atomic mass is 9.92. The standard InChI is InChI=1S/C25H30N2O7/c1-17-11-12-21(20(14-17)27(30)31)34-25(2,3)24-32-16-19(8-5-4-6-10-22(28)29)23(33-24)18-9-7-13-26-15-18/h4-5,7,9,11-15,19,23-24H,6,8,10,16H2,1-3H3,(H,28,29)/b5-4-/t19-,23+,24-/m1/s1. The molecule has 0 spiro atoms. The Hall–Kier alpha value is -3.30. The quantitative estimate of drug-likeness (QED) is 0.293. The van der Waals surface area contributed by atoms with Crippen LogP contribution in [0.4, 0.5) is 5.69 Å². The van der Waals surface area contributed by atoms with Crippen LogP contribution in [0.2, 0.25) is 0 Å². The molecule has 1 N–H and O–H groups in total. The van der Waals surface area contributed by atoms with Crippen LogP contribution in [0.25, 0.3) is 0 Å². The number of aliphatic carboxylic acids is 1. The molecule has 1 aliphatic rings. The summed E-state index contributed by atoms with van der Waals surface area (Å²) >= 11 is 0. The van der Waals surface area contributed by atoms with Crippen molar-refractivity contribution < 1.29 is 29.0 Å². The van der Waals surface area contributed by atoms with Gasteiger partial charge in [0.2, 0.25) is 0 Å². The minimum absolute atomic E-state index is 0.0222. The Morgan fingerprint density at radius 3 is 2.82 bits per heavy atom. The summed E-state index contributed by atoms with van der Waals surface area (Å²) in [5.74, 6) is -0.707. The number of rotatable bonds is 10. The molecule has 0 aliphatic carbocycles. The summed E-state index contributed by atoms with van der Waals surface area (Å²) in [5, 5.41) is 20.3. The van der Waals surface area contributed by atoms with Gasteiger partial charge in [-0.05, 0) is 56.9 Å². The topological polar surface area (TPSA) is 121 Å². The molecule has 1 aromatic heterocycles. The normalized spacial score (nSPS) is 20.9. The minimum Gasteiger partial charge on any atom is -0.481 e. The van der Waals surface area contributed by atoms with Gasteiger partial charge in [-0.25, -0.2) is 0 Å². The van der Waals surface area contributed by atoms with E-state index in [2.05, 4.69) is 4.98 Å². The number of nitrogens with zero attached hydrogens (tertiary/aromatic N) is 2. The molecule has 1 saturated heterocycles. The first kappa shape index (κ1) is 25.3. The zero-order valence-electron chi connectivity index (χ0n) is 19.5. The summed E-state index contributed by atoms with van der Waals surface area (Å²) in [6.45, 7) is 5.70. The van der Waals surface area contributed by atoms with Gasteiger partial charge in [-0.15, -0.1) is 0 Å². The molecular formula is C25H30N2O7. The highest BCUT2D eigenvalue weighted by molar-refractivity contribution is 5.66. The van der Waals surface area contributed by atoms with Gasteiger partial charge in [0.1, 0.15) is 0 Å². The van der Waals surface area contributed by atoms with E-state index in [1.165, 1.54) is 6.07 Å². The zero-order chi connectivity index (χ0) is 24.7. The van der Waals surface area contributed by atoms with E-state index in [0.29, 0.717) is 19.4 Å². The Bertz CT molecular complexity index is 1020. The summed E-state index contributed by atoms with van der Waals surface area (Å²) in [5.41, 5.74) is 0.509. The number of hydrogen-bond acceptors (Lipinski definition) is 7. The molecule has 1 aliphatic heterocycles. The van der Waals surface area contributed by atoms with E-state index in [1.807, 2.05) is 24.3 Å². The maximum atomic E-state index is 11.5. The van der Waals surface area contributed by atoms with Gasteiger partial charge in [0.05, 0.1) is 17.6 Å². The maximum Gasteiger partial charge on any atom is 0.311 e. The highest BCUT2D eigenvalue weighted by Crippen LogP contribution is 2.39. The van der Waals surface area contributed by atoms with Crippen molar-refractivity contribution in [3.8, 4) is 5.75 Å². The van der Waals surface area contributed by atoms with Crippen LogP contribution in [-0.4, -0.2) is 39.5 Å². The molecule has 0 bridgehead atoms. The Labute approximate surface area is 198 Å². The van der Waals surface area contributed by atoms with E-state index < -0.39 is 22.8 Å². The number of carboxylic acid groups (broad SMARTS) is 1. The fourth-order valence-corrected chi connectivity index (χ4v) is 3.82. The van der Waals surface area contributed by atoms with Crippen molar-refractivity contribution in [2.45, 2.75) is 58.0 Å². The van der Waals surface area contributed by atoms with Gasteiger partial charge in [0.25, 0.3) is 0 Å². The molecule has 0 radical (unpaired) electrons. The van der Waals surface area contributed by atoms with Crippen molar-refractivity contribution in [3.05, 3.63) is 76.1 Å². The van der Waals surface area contributed by atoms with E-state index in [1.54, 1.807) is 45.3 Å². The first-order valence-electron chi connectivity index (χ1n) is 11.1. The minimum atomic E-state index is -1.03. The monoisotopic (exact) mass is 470 g/mol. The van der Waals surface area contributed by atoms with Gasteiger partial charge in [-0.3, -0.25) is 19.9 Å². The molecule has 3 atom stereocenters. The van der Waals surface area contributed by atoms with Crippen molar-refractivity contribution >= 4 is 11.7 Å². The number of nitro benzene ring substituents is 1. The Morgan fingerprint density at radius 2 is 2.15 bits per heavy atom. The van der Waals surface area contributed by atoms with Crippen molar-refractivity contribution in [1.29, 1.82) is 0 Å². The number of pyridine rings is 1. The number of aryl methyl sites for hydroxylation is 1. The number of aromatic nitrogens is 1. The number of nitro groups is 1. The SMILES string of the molecule is Cc1ccc(OC(C)(C)[C@@H]2OC[C@@H](C/C=C\CCC(=O)O)[C@H](c3cccnc3)O2)c([N+](=O)[O-])c1. The van der Waals surface area contributed by atoms with E-state index >= 15 is 0 Å². The fourth-order valence-electron chi connectivity index (χ4n) is 3.82. The molecule has 0 amide bonds. The van der Waals surface area contributed by atoms with Crippen LogP contribution in [0.3, 0.4) is 0 Å². The third-order valence-electron chi connectivity index (χ3n) is 5.56. The lowest BCUT2D eigenvalue weighted by Gasteiger charge is -2.42. The Kier molecular flexibility index (Phi) is 8.36. The molecular weight excluding hydrogens is 440 g/mol. The highest BCUT2D eigenvalue weighted by atomic mass is 16.7. The zero-order valence-corrected chi connectivity index (χ0v) is 19.5. The Balaban J connectivity index is 1.76. The number of ether oxygens (including phenoxy) is 3. The largest absolute Gasteiger partial charge is 0.481 e. The van der Waals surface area contributed by atoms with Gasteiger partial charge in [0.15, 0.2) is 17.6 Å². The second kappa shape index (κ2) is 11.2. The molecule has 1 fully saturated rings. The molecule has 9 heteroatoms. The van der Waals surface area contributed by atoms with Crippen LogP contribution in [0.5, 0.6) is 5.75 Å². The number of benzene rings is 1. The molecule has 1 aromatic carbocycles. The number of carbonyl (C=O) groups is 1. The molecule has 0 saturated carbocycles. The number of carboxylic acids is 1. The van der Waals surface area contributed by atoms with Gasteiger partial charge >= 0.3 is 11.7 Å². The number of hydrogen-bond donors (Lipinski definition) is 1. The average Bonchev–Trinajstić information content (AvgIpc) is 2.80. The molecule has 9 nitrogen and oxygen atoms in total. The second-order valence-corrected chi connectivity index (χ2v) is 8.84. The third-order valence-corrected chi connectivity index (χ3v) is 5.56. The van der Waals surface area contributed by atoms with Gasteiger partial charge in [-0.2, -0.15) is 0 Å². The molecule has 2 aromatic rings. The van der Waals surface area contributed by atoms with Crippen LogP contribution in [0.15, 0.2) is 54.9 Å². The predicted octanol–water partition coefficient (Wildman–Crippen LogP) is 5.00. The smallest absolute Gasteiger partial charge is 0.311 e. The van der Waals surface area contributed by atoms with Crippen LogP contribution in [0, 0.1) is 23.0 Å². The van der Waals surface area contributed by atoms with Crippen LogP contribution in [0.1, 0.15) is 50.3 Å². The Morgan fingerprint density at radius 1 is 1.35 bits per heavy atom. The molecule has 182 valence electrons.